The molecule has 1 aliphatic heterocycles. The van der Waals surface area contributed by atoms with E-state index < -0.39 is 35.9 Å². The number of carbonyl (C=O) groups is 2. The molecule has 0 saturated carbocycles. The highest BCUT2D eigenvalue weighted by Gasteiger charge is 2.44. The van der Waals surface area contributed by atoms with Crippen molar-refractivity contribution in [3.63, 3.8) is 0 Å². The number of carbonyl (C=O) groups excluding carboxylic acids is 2. The maximum atomic E-state index is 12.2. The molecule has 2 atom stereocenters. The van der Waals surface area contributed by atoms with Crippen LogP contribution in [0, 0.1) is 0 Å². The molecule has 0 unspecified atom stereocenters. The minimum atomic E-state index is -4.72. The summed E-state index contributed by atoms with van der Waals surface area (Å²) in [5.41, 5.74) is 0. The molecule has 0 aliphatic carbocycles. The Morgan fingerprint density at radius 3 is 2.44 bits per heavy atom. The van der Waals surface area contributed by atoms with Crippen LogP contribution in [0.4, 0.5) is 13.2 Å². The molecule has 0 spiro atoms. The average molecular weight is 238 g/mol. The third-order valence-corrected chi connectivity index (χ3v) is 1.87. The van der Waals surface area contributed by atoms with Gasteiger partial charge >= 0.3 is 12.1 Å². The molecule has 4 nitrogen and oxygen atoms in total. The number of esters is 1. The lowest BCUT2D eigenvalue weighted by Gasteiger charge is -2.28. The van der Waals surface area contributed by atoms with Crippen molar-refractivity contribution in [1.82, 2.24) is 0 Å². The van der Waals surface area contributed by atoms with Crippen LogP contribution in [0.25, 0.3) is 0 Å². The van der Waals surface area contributed by atoms with E-state index in [9.17, 15) is 22.8 Å². The minimum Gasteiger partial charge on any atom is -0.481 e. The van der Waals surface area contributed by atoms with Gasteiger partial charge < -0.3 is 9.47 Å². The molecular formula is C9H9F3O4. The Morgan fingerprint density at radius 2 is 2.06 bits per heavy atom. The second-order valence-corrected chi connectivity index (χ2v) is 3.26. The van der Waals surface area contributed by atoms with Crippen molar-refractivity contribution in [3.05, 3.63) is 11.8 Å². The van der Waals surface area contributed by atoms with Crippen molar-refractivity contribution >= 4 is 11.8 Å². The Labute approximate surface area is 89.0 Å². The zero-order valence-corrected chi connectivity index (χ0v) is 8.50. The van der Waals surface area contributed by atoms with E-state index in [1.165, 1.54) is 6.92 Å². The molecule has 90 valence electrons. The van der Waals surface area contributed by atoms with Crippen LogP contribution in [0.3, 0.4) is 0 Å². The fraction of sp³-hybridized carbons (Fsp3) is 0.556. The smallest absolute Gasteiger partial charge is 0.449 e. The maximum absolute atomic E-state index is 12.2. The second kappa shape index (κ2) is 4.15. The van der Waals surface area contributed by atoms with Gasteiger partial charge in [-0.3, -0.25) is 9.59 Å². The highest BCUT2D eigenvalue weighted by Crippen LogP contribution is 2.31. The quantitative estimate of drug-likeness (QED) is 0.647. The standard InChI is InChI=1S/C9H9F3O4/c1-4-8(16-5(2)13)6(14)3-7(15-4)9(10,11)12/h3-4,8H,1-2H3/t4-,8-/m0/s1. The van der Waals surface area contributed by atoms with Gasteiger partial charge in [-0.25, -0.2) is 0 Å². The van der Waals surface area contributed by atoms with Crippen LogP contribution < -0.4 is 0 Å². The summed E-state index contributed by atoms with van der Waals surface area (Å²) in [6, 6.07) is 0. The first-order valence-corrected chi connectivity index (χ1v) is 4.38. The molecule has 16 heavy (non-hydrogen) atoms. The highest BCUT2D eigenvalue weighted by molar-refractivity contribution is 5.96. The predicted molar refractivity (Wildman–Crippen MR) is 45.2 cm³/mol. The van der Waals surface area contributed by atoms with E-state index >= 15 is 0 Å². The lowest BCUT2D eigenvalue weighted by molar-refractivity contribution is -0.174. The first-order valence-electron chi connectivity index (χ1n) is 4.38. The Bertz CT molecular complexity index is 345. The highest BCUT2D eigenvalue weighted by atomic mass is 19.4. The van der Waals surface area contributed by atoms with Crippen molar-refractivity contribution in [3.8, 4) is 0 Å². The van der Waals surface area contributed by atoms with Gasteiger partial charge in [0.2, 0.25) is 11.5 Å². The number of alkyl halides is 3. The van der Waals surface area contributed by atoms with Crippen LogP contribution in [0.1, 0.15) is 13.8 Å². The van der Waals surface area contributed by atoms with Gasteiger partial charge in [0.1, 0.15) is 6.10 Å². The molecule has 0 aromatic carbocycles. The van der Waals surface area contributed by atoms with Gasteiger partial charge in [0.25, 0.3) is 0 Å². The Balaban J connectivity index is 2.89. The van der Waals surface area contributed by atoms with E-state index in [2.05, 4.69) is 9.47 Å². The van der Waals surface area contributed by atoms with Gasteiger partial charge in [-0.05, 0) is 6.92 Å². The fourth-order valence-corrected chi connectivity index (χ4v) is 1.22. The summed E-state index contributed by atoms with van der Waals surface area (Å²) in [6.07, 6.45) is -6.89. The number of allylic oxidation sites excluding steroid dienone is 1. The van der Waals surface area contributed by atoms with Gasteiger partial charge in [0.15, 0.2) is 6.10 Å². The number of halogens is 3. The van der Waals surface area contributed by atoms with Crippen molar-refractivity contribution < 1.29 is 32.2 Å². The van der Waals surface area contributed by atoms with Crippen molar-refractivity contribution in [1.29, 1.82) is 0 Å². The van der Waals surface area contributed by atoms with E-state index in [-0.39, 0.29) is 0 Å². The van der Waals surface area contributed by atoms with Gasteiger partial charge in [0, 0.05) is 13.0 Å². The lowest BCUT2D eigenvalue weighted by atomic mass is 10.1. The number of hydrogen-bond donors (Lipinski definition) is 0. The summed E-state index contributed by atoms with van der Waals surface area (Å²) in [6.45, 7) is 2.28. The number of rotatable bonds is 1. The van der Waals surface area contributed by atoms with Crippen molar-refractivity contribution in [2.75, 3.05) is 0 Å². The molecule has 0 saturated heterocycles. The third-order valence-electron chi connectivity index (χ3n) is 1.87. The molecule has 0 N–H and O–H groups in total. The zero-order valence-electron chi connectivity index (χ0n) is 8.50. The molecule has 0 fully saturated rings. The van der Waals surface area contributed by atoms with Crippen LogP contribution in [0.5, 0.6) is 0 Å². The van der Waals surface area contributed by atoms with Crippen LogP contribution in [-0.2, 0) is 19.1 Å². The predicted octanol–water partition coefficient (Wildman–Crippen LogP) is 1.35. The van der Waals surface area contributed by atoms with Crippen LogP contribution >= 0.6 is 0 Å². The van der Waals surface area contributed by atoms with Crippen molar-refractivity contribution in [2.45, 2.75) is 32.2 Å². The Morgan fingerprint density at radius 1 is 1.50 bits per heavy atom. The number of ketones is 1. The van der Waals surface area contributed by atoms with Crippen LogP contribution in [0.15, 0.2) is 11.8 Å². The zero-order chi connectivity index (χ0) is 12.5. The minimum absolute atomic E-state index is 0.299. The Kier molecular flexibility index (Phi) is 3.25. The van der Waals surface area contributed by atoms with Gasteiger partial charge in [0.05, 0.1) is 0 Å². The molecule has 0 bridgehead atoms. The molecule has 1 heterocycles. The summed E-state index contributed by atoms with van der Waals surface area (Å²) in [7, 11) is 0. The van der Waals surface area contributed by atoms with Gasteiger partial charge in [-0.15, -0.1) is 0 Å². The second-order valence-electron chi connectivity index (χ2n) is 3.26. The van der Waals surface area contributed by atoms with E-state index in [0.717, 1.165) is 6.92 Å². The third kappa shape index (κ3) is 2.74. The summed E-state index contributed by atoms with van der Waals surface area (Å²) in [5.74, 6) is -3.05. The van der Waals surface area contributed by atoms with Crippen molar-refractivity contribution in [2.24, 2.45) is 0 Å². The topological polar surface area (TPSA) is 52.6 Å². The molecule has 7 heteroatoms. The number of ether oxygens (including phenoxy) is 2. The molecule has 0 aromatic rings. The van der Waals surface area contributed by atoms with Crippen LogP contribution in [-0.4, -0.2) is 30.1 Å². The molecule has 0 aromatic heterocycles. The van der Waals surface area contributed by atoms with Gasteiger partial charge in [-0.2, -0.15) is 13.2 Å². The van der Waals surface area contributed by atoms with E-state index in [1.807, 2.05) is 0 Å². The summed E-state index contributed by atoms with van der Waals surface area (Å²) in [4.78, 5) is 21.9. The normalized spacial score (nSPS) is 25.8. The van der Waals surface area contributed by atoms with Gasteiger partial charge in [-0.1, -0.05) is 0 Å². The first-order chi connectivity index (χ1) is 7.21. The lowest BCUT2D eigenvalue weighted by Crippen LogP contribution is -2.42. The summed E-state index contributed by atoms with van der Waals surface area (Å²) < 4.78 is 45.7. The van der Waals surface area contributed by atoms with Crippen LogP contribution in [0.2, 0.25) is 0 Å². The number of hydrogen-bond acceptors (Lipinski definition) is 4. The SMILES string of the molecule is CC(=O)O[C@@H]1C(=O)C=C(C(F)(F)F)O[C@H]1C. The van der Waals surface area contributed by atoms with E-state index in [0.29, 0.717) is 6.08 Å². The average Bonchev–Trinajstić information content (AvgIpc) is 2.09. The monoisotopic (exact) mass is 238 g/mol. The molecule has 1 rings (SSSR count). The fourth-order valence-electron chi connectivity index (χ4n) is 1.22. The molecule has 0 amide bonds. The summed E-state index contributed by atoms with van der Waals surface area (Å²) >= 11 is 0. The first kappa shape index (κ1) is 12.5. The molecular weight excluding hydrogens is 229 g/mol. The Hall–Kier alpha value is -1.53. The largest absolute Gasteiger partial charge is 0.481 e. The van der Waals surface area contributed by atoms with E-state index in [1.54, 1.807) is 0 Å². The molecule has 1 aliphatic rings. The van der Waals surface area contributed by atoms with E-state index in [4.69, 9.17) is 0 Å². The molecule has 0 radical (unpaired) electrons. The summed E-state index contributed by atoms with van der Waals surface area (Å²) in [5, 5.41) is 0. The maximum Gasteiger partial charge on any atom is 0.449 e.